The van der Waals surface area contributed by atoms with Gasteiger partial charge in [0, 0.05) is 6.92 Å². The molecule has 0 spiro atoms. The molecule has 6 heteroatoms. The van der Waals surface area contributed by atoms with E-state index in [1.54, 1.807) is 0 Å². The van der Waals surface area contributed by atoms with Gasteiger partial charge in [-0.2, -0.15) is 0 Å². The van der Waals surface area contributed by atoms with Crippen molar-refractivity contribution in [2.24, 2.45) is 0 Å². The maximum absolute atomic E-state index is 11.3. The molecule has 5 atom stereocenters. The Bertz CT molecular complexity index is 464. The minimum absolute atomic E-state index is 0.000747. The fourth-order valence-corrected chi connectivity index (χ4v) is 3.14. The summed E-state index contributed by atoms with van der Waals surface area (Å²) in [5.74, 6) is -0.664. The van der Waals surface area contributed by atoms with E-state index in [4.69, 9.17) is 4.74 Å². The van der Waals surface area contributed by atoms with Crippen LogP contribution in [0.5, 0.6) is 0 Å². The molecule has 0 aromatic rings. The van der Waals surface area contributed by atoms with Gasteiger partial charge in [-0.1, -0.05) is 11.6 Å². The number of allylic oxidation sites excluding steroid dienone is 2. The minimum atomic E-state index is -1.87. The maximum atomic E-state index is 11.3. The summed E-state index contributed by atoms with van der Waals surface area (Å²) >= 11 is 0. The molecule has 0 heterocycles. The summed E-state index contributed by atoms with van der Waals surface area (Å²) in [5.41, 5.74) is -3.83. The summed E-state index contributed by atoms with van der Waals surface area (Å²) in [6, 6.07) is 0. The van der Waals surface area contributed by atoms with Crippen molar-refractivity contribution < 1.29 is 30.0 Å². The van der Waals surface area contributed by atoms with E-state index >= 15 is 0 Å². The molecule has 0 unspecified atom stereocenters. The first-order valence-electron chi connectivity index (χ1n) is 7.99. The fraction of sp³-hybridized carbons (Fsp3) is 0.824. The molecule has 1 aliphatic carbocycles. The van der Waals surface area contributed by atoms with Gasteiger partial charge >= 0.3 is 5.97 Å². The molecule has 0 aromatic carbocycles. The Morgan fingerprint density at radius 2 is 1.87 bits per heavy atom. The molecule has 1 aliphatic rings. The van der Waals surface area contributed by atoms with Gasteiger partial charge < -0.3 is 25.2 Å². The number of hydrogen-bond donors (Lipinski definition) is 4. The van der Waals surface area contributed by atoms with Crippen molar-refractivity contribution in [2.45, 2.75) is 89.3 Å². The van der Waals surface area contributed by atoms with Gasteiger partial charge in [0.05, 0.1) is 5.60 Å². The lowest BCUT2D eigenvalue weighted by molar-refractivity contribution is -0.274. The molecule has 1 fully saturated rings. The molecular weight excluding hydrogens is 300 g/mol. The fourth-order valence-electron chi connectivity index (χ4n) is 3.14. The predicted molar refractivity (Wildman–Crippen MR) is 85.7 cm³/mol. The van der Waals surface area contributed by atoms with E-state index in [2.05, 4.69) is 0 Å². The van der Waals surface area contributed by atoms with Gasteiger partial charge in [-0.3, -0.25) is 4.79 Å². The molecule has 4 N–H and O–H groups in total. The van der Waals surface area contributed by atoms with E-state index in [0.717, 1.165) is 5.57 Å². The lowest BCUT2D eigenvalue weighted by Gasteiger charge is -2.53. The number of esters is 1. The van der Waals surface area contributed by atoms with E-state index in [1.807, 2.05) is 19.9 Å². The lowest BCUT2D eigenvalue weighted by atomic mass is 9.64. The average molecular weight is 330 g/mol. The quantitative estimate of drug-likeness (QED) is 0.443. The smallest absolute Gasteiger partial charge is 0.303 e. The normalized spacial score (nSPS) is 36.9. The van der Waals surface area contributed by atoms with E-state index < -0.39 is 35.0 Å². The van der Waals surface area contributed by atoms with E-state index in [9.17, 15) is 25.2 Å². The van der Waals surface area contributed by atoms with Gasteiger partial charge in [0.15, 0.2) is 6.10 Å². The van der Waals surface area contributed by atoms with Gasteiger partial charge in [0.2, 0.25) is 0 Å². The average Bonchev–Trinajstić information content (AvgIpc) is 2.38. The summed E-state index contributed by atoms with van der Waals surface area (Å²) in [6.07, 6.45) is -0.0738. The van der Waals surface area contributed by atoms with Gasteiger partial charge in [-0.25, -0.2) is 0 Å². The van der Waals surface area contributed by atoms with Crippen molar-refractivity contribution in [1.82, 2.24) is 0 Å². The zero-order chi connectivity index (χ0) is 18.1. The Hall–Kier alpha value is -0.950. The highest BCUT2D eigenvalue weighted by molar-refractivity contribution is 5.66. The Morgan fingerprint density at radius 1 is 1.30 bits per heavy atom. The minimum Gasteiger partial charge on any atom is -0.457 e. The zero-order valence-electron chi connectivity index (χ0n) is 14.7. The van der Waals surface area contributed by atoms with Crippen LogP contribution < -0.4 is 0 Å². The van der Waals surface area contributed by atoms with Gasteiger partial charge in [-0.05, 0) is 53.4 Å². The topological polar surface area (TPSA) is 107 Å². The number of hydrogen-bond acceptors (Lipinski definition) is 6. The van der Waals surface area contributed by atoms with Crippen molar-refractivity contribution in [1.29, 1.82) is 0 Å². The van der Waals surface area contributed by atoms with E-state index in [0.29, 0.717) is 6.42 Å². The van der Waals surface area contributed by atoms with Crippen LogP contribution in [-0.4, -0.2) is 55.4 Å². The van der Waals surface area contributed by atoms with Crippen molar-refractivity contribution in [3.63, 3.8) is 0 Å². The van der Waals surface area contributed by atoms with Crippen molar-refractivity contribution in [3.8, 4) is 0 Å². The molecule has 134 valence electrons. The zero-order valence-corrected chi connectivity index (χ0v) is 14.7. The molecule has 0 saturated heterocycles. The number of rotatable bonds is 5. The first-order chi connectivity index (χ1) is 10.3. The first kappa shape index (κ1) is 20.1. The summed E-state index contributed by atoms with van der Waals surface area (Å²) in [6.45, 7) is 7.95. The molecule has 0 bridgehead atoms. The number of carbonyl (C=O) groups is 1. The predicted octanol–water partition coefficient (Wildman–Crippen LogP) is 1.05. The van der Waals surface area contributed by atoms with Crippen LogP contribution in [0.3, 0.4) is 0 Å². The SMILES string of the molecule is CC(=O)O[C@H]1[C@H](O)[C@](O)([C@@](C)(O)CCC=C(C)C)CC[C@]1(C)O. The molecule has 0 aromatic heterocycles. The largest absolute Gasteiger partial charge is 0.457 e. The second-order valence-corrected chi connectivity index (χ2v) is 7.35. The lowest BCUT2D eigenvalue weighted by Crippen LogP contribution is -2.70. The van der Waals surface area contributed by atoms with Crippen molar-refractivity contribution >= 4 is 5.97 Å². The second kappa shape index (κ2) is 6.89. The molecule has 6 nitrogen and oxygen atoms in total. The summed E-state index contributed by atoms with van der Waals surface area (Å²) in [4.78, 5) is 11.3. The van der Waals surface area contributed by atoms with Crippen LogP contribution in [0.4, 0.5) is 0 Å². The summed E-state index contributed by atoms with van der Waals surface area (Å²) in [7, 11) is 0. The molecule has 0 aliphatic heterocycles. The molecule has 0 amide bonds. The van der Waals surface area contributed by atoms with E-state index in [1.165, 1.54) is 20.8 Å². The van der Waals surface area contributed by atoms with Crippen LogP contribution >= 0.6 is 0 Å². The third-order valence-corrected chi connectivity index (χ3v) is 4.81. The molecular formula is C17H30O6. The summed E-state index contributed by atoms with van der Waals surface area (Å²) in [5, 5.41) is 42.6. The van der Waals surface area contributed by atoms with Gasteiger partial charge in [0.1, 0.15) is 17.3 Å². The second-order valence-electron chi connectivity index (χ2n) is 7.35. The third-order valence-electron chi connectivity index (χ3n) is 4.81. The van der Waals surface area contributed by atoms with Crippen LogP contribution in [-0.2, 0) is 9.53 Å². The van der Waals surface area contributed by atoms with Crippen LogP contribution in [0, 0.1) is 0 Å². The Kier molecular flexibility index (Phi) is 6.02. The number of aliphatic hydroxyl groups is 4. The van der Waals surface area contributed by atoms with Crippen LogP contribution in [0.15, 0.2) is 11.6 Å². The highest BCUT2D eigenvalue weighted by Crippen LogP contribution is 2.44. The maximum Gasteiger partial charge on any atom is 0.303 e. The third kappa shape index (κ3) is 4.32. The van der Waals surface area contributed by atoms with Gasteiger partial charge in [0.25, 0.3) is 0 Å². The standard InChI is InChI=1S/C17H30O6/c1-11(2)7-6-8-16(5,21)17(22)10-9-15(4,20)14(13(17)19)23-12(3)18/h7,13-14,19-22H,6,8-10H2,1-5H3/t13-,14-,15-,16-,17-/m0/s1. The van der Waals surface area contributed by atoms with Crippen molar-refractivity contribution in [3.05, 3.63) is 11.6 Å². The number of aliphatic hydroxyl groups excluding tert-OH is 1. The molecule has 1 rings (SSSR count). The molecule has 23 heavy (non-hydrogen) atoms. The molecule has 1 saturated carbocycles. The monoisotopic (exact) mass is 330 g/mol. The van der Waals surface area contributed by atoms with Crippen LogP contribution in [0.25, 0.3) is 0 Å². The summed E-state index contributed by atoms with van der Waals surface area (Å²) < 4.78 is 5.03. The Labute approximate surface area is 137 Å². The molecule has 0 radical (unpaired) electrons. The van der Waals surface area contributed by atoms with Crippen LogP contribution in [0.1, 0.15) is 60.3 Å². The number of carbonyl (C=O) groups excluding carboxylic acids is 1. The Morgan fingerprint density at radius 3 is 2.35 bits per heavy atom. The number of ether oxygens (including phenoxy) is 1. The first-order valence-corrected chi connectivity index (χ1v) is 7.99. The highest BCUT2D eigenvalue weighted by Gasteiger charge is 2.61. The van der Waals surface area contributed by atoms with E-state index in [-0.39, 0.29) is 19.3 Å². The van der Waals surface area contributed by atoms with Gasteiger partial charge in [-0.15, -0.1) is 0 Å². The van der Waals surface area contributed by atoms with Crippen molar-refractivity contribution in [2.75, 3.05) is 0 Å². The van der Waals surface area contributed by atoms with Crippen LogP contribution in [0.2, 0.25) is 0 Å². The highest BCUT2D eigenvalue weighted by atomic mass is 16.6. The Balaban J connectivity index is 3.03.